The Morgan fingerprint density at radius 1 is 1.14 bits per heavy atom. The maximum Gasteiger partial charge on any atom is 0.251 e. The van der Waals surface area contributed by atoms with E-state index in [1.54, 1.807) is 31.4 Å². The van der Waals surface area contributed by atoms with Crippen LogP contribution >= 0.6 is 0 Å². The molecule has 5 nitrogen and oxygen atoms in total. The van der Waals surface area contributed by atoms with Crippen LogP contribution in [-0.4, -0.2) is 29.1 Å². The summed E-state index contributed by atoms with van der Waals surface area (Å²) in [5.74, 6) is 2.44. The zero-order chi connectivity index (χ0) is 19.9. The number of benzene rings is 2. The molecule has 2 aromatic carbocycles. The third-order valence-electron chi connectivity index (χ3n) is 4.88. The number of carbonyl (C=O) groups is 1. The van der Waals surface area contributed by atoms with Gasteiger partial charge in [0, 0.05) is 25.1 Å². The maximum atomic E-state index is 12.3. The highest BCUT2D eigenvalue weighted by molar-refractivity contribution is 5.94. The number of hydrogen-bond donors (Lipinski definition) is 1. The number of carbonyl (C=O) groups excluding carboxylic acids is 1. The van der Waals surface area contributed by atoms with Gasteiger partial charge in [-0.15, -0.1) is 0 Å². The van der Waals surface area contributed by atoms with Crippen molar-refractivity contribution in [3.05, 3.63) is 59.9 Å². The van der Waals surface area contributed by atoms with E-state index in [-0.39, 0.29) is 5.91 Å². The van der Waals surface area contributed by atoms with Gasteiger partial charge in [-0.05, 0) is 55.2 Å². The van der Waals surface area contributed by atoms with Gasteiger partial charge in [-0.25, -0.2) is 4.98 Å². The number of ether oxygens (including phenoxy) is 1. The van der Waals surface area contributed by atoms with Crippen LogP contribution in [0.1, 0.15) is 42.9 Å². The second-order valence-electron chi connectivity index (χ2n) is 7.44. The van der Waals surface area contributed by atoms with Crippen LogP contribution in [0.15, 0.2) is 48.5 Å². The second kappa shape index (κ2) is 9.40. The molecule has 0 spiro atoms. The summed E-state index contributed by atoms with van der Waals surface area (Å²) < 4.78 is 7.46. The summed E-state index contributed by atoms with van der Waals surface area (Å²) in [6.45, 7) is 6.09. The quantitative estimate of drug-likeness (QED) is 0.559. The van der Waals surface area contributed by atoms with Crippen LogP contribution in [0, 0.1) is 5.92 Å². The molecule has 3 aromatic rings. The first-order valence-corrected chi connectivity index (χ1v) is 9.95. The number of methoxy groups -OCH3 is 1. The molecule has 1 heterocycles. The van der Waals surface area contributed by atoms with E-state index in [2.05, 4.69) is 41.9 Å². The van der Waals surface area contributed by atoms with E-state index >= 15 is 0 Å². The highest BCUT2D eigenvalue weighted by Crippen LogP contribution is 2.19. The maximum absolute atomic E-state index is 12.3. The van der Waals surface area contributed by atoms with E-state index in [1.807, 2.05) is 6.07 Å². The number of hydrogen-bond acceptors (Lipinski definition) is 3. The number of amides is 1. The fourth-order valence-corrected chi connectivity index (χ4v) is 3.25. The Morgan fingerprint density at radius 3 is 2.61 bits per heavy atom. The molecular weight excluding hydrogens is 350 g/mol. The number of fused-ring (bicyclic) bond motifs is 1. The van der Waals surface area contributed by atoms with Crippen molar-refractivity contribution < 1.29 is 9.53 Å². The van der Waals surface area contributed by atoms with Gasteiger partial charge in [0.15, 0.2) is 0 Å². The minimum absolute atomic E-state index is 0.0593. The van der Waals surface area contributed by atoms with E-state index in [4.69, 9.17) is 9.72 Å². The summed E-state index contributed by atoms with van der Waals surface area (Å²) in [4.78, 5) is 17.1. The number of imidazole rings is 1. The SMILES string of the molecule is COc1ccc(C(=O)NCCCc2nc3ccccc3n2CCC(C)C)cc1. The summed E-state index contributed by atoms with van der Waals surface area (Å²) in [6.07, 6.45) is 2.82. The molecule has 1 aromatic heterocycles. The minimum atomic E-state index is -0.0593. The molecule has 0 aliphatic rings. The zero-order valence-electron chi connectivity index (χ0n) is 16.9. The van der Waals surface area contributed by atoms with Crippen molar-refractivity contribution in [2.45, 2.75) is 39.7 Å². The molecule has 148 valence electrons. The second-order valence-corrected chi connectivity index (χ2v) is 7.44. The Kier molecular flexibility index (Phi) is 6.69. The van der Waals surface area contributed by atoms with Crippen molar-refractivity contribution >= 4 is 16.9 Å². The van der Waals surface area contributed by atoms with Crippen molar-refractivity contribution in [3.8, 4) is 5.75 Å². The minimum Gasteiger partial charge on any atom is -0.497 e. The predicted molar refractivity (Wildman–Crippen MR) is 113 cm³/mol. The molecule has 28 heavy (non-hydrogen) atoms. The van der Waals surface area contributed by atoms with Crippen LogP contribution in [0.4, 0.5) is 0 Å². The Labute approximate surface area is 166 Å². The van der Waals surface area contributed by atoms with Crippen LogP contribution in [0.25, 0.3) is 11.0 Å². The summed E-state index contributed by atoms with van der Waals surface area (Å²) in [5, 5.41) is 2.99. The van der Waals surface area contributed by atoms with E-state index in [0.29, 0.717) is 18.0 Å². The van der Waals surface area contributed by atoms with Gasteiger partial charge in [-0.3, -0.25) is 4.79 Å². The fourth-order valence-electron chi connectivity index (χ4n) is 3.25. The molecule has 0 fully saturated rings. The van der Waals surface area contributed by atoms with Gasteiger partial charge in [0.2, 0.25) is 0 Å². The molecule has 0 saturated carbocycles. The smallest absolute Gasteiger partial charge is 0.251 e. The Hall–Kier alpha value is -2.82. The summed E-state index contributed by atoms with van der Waals surface area (Å²) in [5.41, 5.74) is 2.88. The molecule has 0 aliphatic heterocycles. The lowest BCUT2D eigenvalue weighted by Gasteiger charge is -2.11. The predicted octanol–water partition coefficient (Wildman–Crippen LogP) is 4.45. The lowest BCUT2D eigenvalue weighted by Crippen LogP contribution is -2.25. The standard InChI is InChI=1S/C23H29N3O2/c1-17(2)14-16-26-21-8-5-4-7-20(21)25-22(26)9-6-15-24-23(27)18-10-12-19(28-3)13-11-18/h4-5,7-8,10-13,17H,6,9,14-16H2,1-3H3,(H,24,27). The Balaban J connectivity index is 1.58. The molecule has 0 aliphatic carbocycles. The fraction of sp³-hybridized carbons (Fsp3) is 0.391. The van der Waals surface area contributed by atoms with Crippen molar-refractivity contribution in [2.75, 3.05) is 13.7 Å². The number of aryl methyl sites for hydroxylation is 2. The summed E-state index contributed by atoms with van der Waals surface area (Å²) in [6, 6.07) is 15.4. The summed E-state index contributed by atoms with van der Waals surface area (Å²) in [7, 11) is 1.61. The monoisotopic (exact) mass is 379 g/mol. The molecule has 0 radical (unpaired) electrons. The van der Waals surface area contributed by atoms with E-state index in [9.17, 15) is 4.79 Å². The van der Waals surface area contributed by atoms with Gasteiger partial charge < -0.3 is 14.6 Å². The lowest BCUT2D eigenvalue weighted by atomic mass is 10.1. The average molecular weight is 380 g/mol. The van der Waals surface area contributed by atoms with Gasteiger partial charge in [-0.1, -0.05) is 26.0 Å². The van der Waals surface area contributed by atoms with Crippen LogP contribution in [0.3, 0.4) is 0 Å². The number of aromatic nitrogens is 2. The van der Waals surface area contributed by atoms with E-state index in [0.717, 1.165) is 42.9 Å². The number of para-hydroxylation sites is 2. The average Bonchev–Trinajstić information content (AvgIpc) is 3.07. The van der Waals surface area contributed by atoms with Crippen molar-refractivity contribution in [2.24, 2.45) is 5.92 Å². The molecule has 0 unspecified atom stereocenters. The molecule has 0 saturated heterocycles. The van der Waals surface area contributed by atoms with E-state index < -0.39 is 0 Å². The molecule has 5 heteroatoms. The van der Waals surface area contributed by atoms with Gasteiger partial charge in [-0.2, -0.15) is 0 Å². The highest BCUT2D eigenvalue weighted by Gasteiger charge is 2.11. The van der Waals surface area contributed by atoms with Gasteiger partial charge in [0.25, 0.3) is 5.91 Å². The first kappa shape index (κ1) is 19.9. The molecule has 3 rings (SSSR count). The normalized spacial score (nSPS) is 11.1. The zero-order valence-corrected chi connectivity index (χ0v) is 16.9. The first-order chi connectivity index (χ1) is 13.6. The first-order valence-electron chi connectivity index (χ1n) is 9.95. The van der Waals surface area contributed by atoms with Crippen LogP contribution in [0.2, 0.25) is 0 Å². The Morgan fingerprint density at radius 2 is 1.89 bits per heavy atom. The van der Waals surface area contributed by atoms with Crippen molar-refractivity contribution in [1.82, 2.24) is 14.9 Å². The molecule has 0 atom stereocenters. The topological polar surface area (TPSA) is 56.1 Å². The number of nitrogens with zero attached hydrogens (tertiary/aromatic N) is 2. The molecule has 1 N–H and O–H groups in total. The number of nitrogens with one attached hydrogen (secondary N) is 1. The van der Waals surface area contributed by atoms with Gasteiger partial charge >= 0.3 is 0 Å². The van der Waals surface area contributed by atoms with Crippen molar-refractivity contribution in [1.29, 1.82) is 0 Å². The molecule has 0 bridgehead atoms. The van der Waals surface area contributed by atoms with Crippen LogP contribution in [-0.2, 0) is 13.0 Å². The van der Waals surface area contributed by atoms with Gasteiger partial charge in [0.1, 0.15) is 11.6 Å². The highest BCUT2D eigenvalue weighted by atomic mass is 16.5. The van der Waals surface area contributed by atoms with Crippen LogP contribution in [0.5, 0.6) is 5.75 Å². The lowest BCUT2D eigenvalue weighted by molar-refractivity contribution is 0.0953. The van der Waals surface area contributed by atoms with Gasteiger partial charge in [0.05, 0.1) is 18.1 Å². The van der Waals surface area contributed by atoms with Crippen LogP contribution < -0.4 is 10.1 Å². The van der Waals surface area contributed by atoms with Crippen molar-refractivity contribution in [3.63, 3.8) is 0 Å². The third-order valence-corrected chi connectivity index (χ3v) is 4.88. The third kappa shape index (κ3) is 4.91. The molecule has 1 amide bonds. The molecular formula is C23H29N3O2. The summed E-state index contributed by atoms with van der Waals surface area (Å²) >= 11 is 0. The Bertz CT molecular complexity index is 913. The largest absolute Gasteiger partial charge is 0.497 e. The van der Waals surface area contributed by atoms with E-state index in [1.165, 1.54) is 5.52 Å². The number of rotatable bonds is 9.